The number of rotatable bonds is 8. The van der Waals surface area contributed by atoms with Crippen LogP contribution < -0.4 is 10.0 Å². The zero-order valence-electron chi connectivity index (χ0n) is 18.1. The second-order valence-corrected chi connectivity index (χ2v) is 9.12. The molecule has 0 heterocycles. The number of amides is 1. The van der Waals surface area contributed by atoms with E-state index in [1.54, 1.807) is 37.3 Å². The fourth-order valence-corrected chi connectivity index (χ4v) is 4.02. The molecule has 3 rings (SSSR count). The predicted molar refractivity (Wildman–Crippen MR) is 122 cm³/mol. The number of nitrogens with one attached hydrogen (secondary N) is 2. The molecular formula is C24H23FN2O5S. The standard InChI is InChI=1S/C24H23FN2O5S/c1-16-5-3-7-20(11-16)27-33(30,31)21-8-4-6-19(13-21)24(29)32-15-23(28)26-14-18-10-9-17(2)22(25)12-18/h3-13,27H,14-15H2,1-2H3,(H,26,28). The van der Waals surface area contributed by atoms with Gasteiger partial charge in [0.25, 0.3) is 15.9 Å². The molecule has 3 aromatic carbocycles. The van der Waals surface area contributed by atoms with Gasteiger partial charge >= 0.3 is 5.97 Å². The van der Waals surface area contributed by atoms with Crippen LogP contribution in [0.15, 0.2) is 71.6 Å². The lowest BCUT2D eigenvalue weighted by atomic mass is 10.1. The quantitative estimate of drug-likeness (QED) is 0.489. The Morgan fingerprint density at radius 3 is 2.45 bits per heavy atom. The third-order valence-electron chi connectivity index (χ3n) is 4.71. The summed E-state index contributed by atoms with van der Waals surface area (Å²) in [5, 5.41) is 2.53. The molecule has 172 valence electrons. The molecule has 33 heavy (non-hydrogen) atoms. The maximum absolute atomic E-state index is 13.6. The SMILES string of the molecule is Cc1cccc(NS(=O)(=O)c2cccc(C(=O)OCC(=O)NCc3ccc(C)c(F)c3)c2)c1. The number of halogens is 1. The first-order chi connectivity index (χ1) is 15.6. The van der Waals surface area contributed by atoms with E-state index in [1.165, 1.54) is 30.3 Å². The Balaban J connectivity index is 1.58. The summed E-state index contributed by atoms with van der Waals surface area (Å²) < 4.78 is 46.3. The highest BCUT2D eigenvalue weighted by Crippen LogP contribution is 2.18. The highest BCUT2D eigenvalue weighted by atomic mass is 32.2. The van der Waals surface area contributed by atoms with Crippen molar-refractivity contribution in [3.05, 3.63) is 94.8 Å². The van der Waals surface area contributed by atoms with Crippen molar-refractivity contribution < 1.29 is 27.1 Å². The van der Waals surface area contributed by atoms with Crippen LogP contribution in [0.5, 0.6) is 0 Å². The second-order valence-electron chi connectivity index (χ2n) is 7.44. The minimum Gasteiger partial charge on any atom is -0.452 e. The Morgan fingerprint density at radius 2 is 1.73 bits per heavy atom. The number of hydrogen-bond donors (Lipinski definition) is 2. The predicted octanol–water partition coefficient (Wildman–Crippen LogP) is 3.72. The summed E-state index contributed by atoms with van der Waals surface area (Å²) in [5.74, 6) is -1.80. The van der Waals surface area contributed by atoms with Crippen LogP contribution in [0.25, 0.3) is 0 Å². The van der Waals surface area contributed by atoms with E-state index in [4.69, 9.17) is 4.74 Å². The van der Waals surface area contributed by atoms with E-state index in [-0.39, 0.29) is 22.8 Å². The Bertz CT molecular complexity index is 1290. The molecule has 0 radical (unpaired) electrons. The molecule has 0 saturated heterocycles. The smallest absolute Gasteiger partial charge is 0.338 e. The van der Waals surface area contributed by atoms with E-state index in [1.807, 2.05) is 13.0 Å². The van der Waals surface area contributed by atoms with Crippen LogP contribution in [0.3, 0.4) is 0 Å². The van der Waals surface area contributed by atoms with Gasteiger partial charge in [-0.05, 0) is 66.9 Å². The van der Waals surface area contributed by atoms with E-state index >= 15 is 0 Å². The second kappa shape index (κ2) is 10.3. The topological polar surface area (TPSA) is 102 Å². The molecule has 1 amide bonds. The Hall–Kier alpha value is -3.72. The maximum Gasteiger partial charge on any atom is 0.338 e. The molecule has 2 N–H and O–H groups in total. The third-order valence-corrected chi connectivity index (χ3v) is 6.09. The lowest BCUT2D eigenvalue weighted by Gasteiger charge is -2.10. The third kappa shape index (κ3) is 6.63. The Morgan fingerprint density at radius 1 is 0.970 bits per heavy atom. The van der Waals surface area contributed by atoms with Gasteiger partial charge < -0.3 is 10.1 Å². The molecule has 0 saturated carbocycles. The van der Waals surface area contributed by atoms with Gasteiger partial charge in [0.1, 0.15) is 5.82 Å². The highest BCUT2D eigenvalue weighted by Gasteiger charge is 2.18. The number of esters is 1. The maximum atomic E-state index is 13.6. The minimum atomic E-state index is -3.93. The van der Waals surface area contributed by atoms with Crippen molar-refractivity contribution in [2.45, 2.75) is 25.3 Å². The highest BCUT2D eigenvalue weighted by molar-refractivity contribution is 7.92. The fraction of sp³-hybridized carbons (Fsp3) is 0.167. The monoisotopic (exact) mass is 470 g/mol. The zero-order chi connectivity index (χ0) is 24.0. The van der Waals surface area contributed by atoms with Crippen molar-refractivity contribution in [1.82, 2.24) is 5.32 Å². The number of sulfonamides is 1. The van der Waals surface area contributed by atoms with E-state index in [9.17, 15) is 22.4 Å². The van der Waals surface area contributed by atoms with Gasteiger partial charge in [-0.25, -0.2) is 17.6 Å². The minimum absolute atomic E-state index is 0.0180. The number of anilines is 1. The molecule has 0 aliphatic heterocycles. The van der Waals surface area contributed by atoms with E-state index in [0.717, 1.165) is 5.56 Å². The van der Waals surface area contributed by atoms with Crippen molar-refractivity contribution in [1.29, 1.82) is 0 Å². The summed E-state index contributed by atoms with van der Waals surface area (Å²) in [6.07, 6.45) is 0. The molecule has 0 bridgehead atoms. The van der Waals surface area contributed by atoms with Gasteiger partial charge in [-0.3, -0.25) is 9.52 Å². The van der Waals surface area contributed by atoms with Crippen LogP contribution in [0, 0.1) is 19.7 Å². The molecule has 9 heteroatoms. The van der Waals surface area contributed by atoms with Crippen molar-refractivity contribution in [3.63, 3.8) is 0 Å². The van der Waals surface area contributed by atoms with Crippen LogP contribution in [-0.4, -0.2) is 26.9 Å². The summed E-state index contributed by atoms with van der Waals surface area (Å²) in [7, 11) is -3.93. The largest absolute Gasteiger partial charge is 0.452 e. The van der Waals surface area contributed by atoms with Crippen molar-refractivity contribution >= 4 is 27.6 Å². The number of hydrogen-bond acceptors (Lipinski definition) is 5. The molecular weight excluding hydrogens is 447 g/mol. The van der Waals surface area contributed by atoms with Crippen molar-refractivity contribution in [2.75, 3.05) is 11.3 Å². The molecule has 0 aliphatic carbocycles. The fourth-order valence-electron chi connectivity index (χ4n) is 2.93. The summed E-state index contributed by atoms with van der Waals surface area (Å²) in [6.45, 7) is 2.98. The van der Waals surface area contributed by atoms with Gasteiger partial charge in [0.05, 0.1) is 10.5 Å². The number of benzene rings is 3. The van der Waals surface area contributed by atoms with Gasteiger partial charge in [0.15, 0.2) is 6.61 Å². The molecule has 0 aliphatic rings. The molecule has 0 atom stereocenters. The van der Waals surface area contributed by atoms with Crippen molar-refractivity contribution in [3.8, 4) is 0 Å². The number of aryl methyl sites for hydroxylation is 2. The van der Waals surface area contributed by atoms with E-state index < -0.39 is 28.5 Å². The van der Waals surface area contributed by atoms with Crippen LogP contribution in [0.1, 0.15) is 27.0 Å². The number of ether oxygens (including phenoxy) is 1. The first kappa shape index (κ1) is 23.9. The molecule has 7 nitrogen and oxygen atoms in total. The van der Waals surface area contributed by atoms with Crippen LogP contribution in [-0.2, 0) is 26.1 Å². The van der Waals surface area contributed by atoms with Gasteiger partial charge in [0.2, 0.25) is 0 Å². The van der Waals surface area contributed by atoms with Crippen LogP contribution in [0.2, 0.25) is 0 Å². The Labute approximate surface area is 191 Å². The van der Waals surface area contributed by atoms with E-state index in [0.29, 0.717) is 16.8 Å². The lowest BCUT2D eigenvalue weighted by Crippen LogP contribution is -2.28. The number of carbonyl (C=O) groups is 2. The van der Waals surface area contributed by atoms with Crippen LogP contribution >= 0.6 is 0 Å². The molecule has 3 aromatic rings. The van der Waals surface area contributed by atoms with Gasteiger partial charge in [-0.1, -0.05) is 30.3 Å². The average molecular weight is 471 g/mol. The zero-order valence-corrected chi connectivity index (χ0v) is 18.9. The lowest BCUT2D eigenvalue weighted by molar-refractivity contribution is -0.124. The molecule has 0 spiro atoms. The van der Waals surface area contributed by atoms with Gasteiger partial charge in [0, 0.05) is 12.2 Å². The van der Waals surface area contributed by atoms with Gasteiger partial charge in [-0.2, -0.15) is 0 Å². The summed E-state index contributed by atoms with van der Waals surface area (Å²) in [5.41, 5.74) is 2.33. The summed E-state index contributed by atoms with van der Waals surface area (Å²) in [4.78, 5) is 24.2. The van der Waals surface area contributed by atoms with Crippen LogP contribution in [0.4, 0.5) is 10.1 Å². The number of carbonyl (C=O) groups excluding carboxylic acids is 2. The Kier molecular flexibility index (Phi) is 7.44. The molecule has 0 aromatic heterocycles. The average Bonchev–Trinajstić information content (AvgIpc) is 2.78. The normalized spacial score (nSPS) is 11.0. The first-order valence-corrected chi connectivity index (χ1v) is 11.5. The van der Waals surface area contributed by atoms with Gasteiger partial charge in [-0.15, -0.1) is 0 Å². The molecule has 0 fully saturated rings. The van der Waals surface area contributed by atoms with Crippen molar-refractivity contribution in [2.24, 2.45) is 0 Å². The van der Waals surface area contributed by atoms with E-state index in [2.05, 4.69) is 10.0 Å². The molecule has 0 unspecified atom stereocenters. The first-order valence-electron chi connectivity index (χ1n) is 10.0. The summed E-state index contributed by atoms with van der Waals surface area (Å²) >= 11 is 0. The summed E-state index contributed by atoms with van der Waals surface area (Å²) in [6, 6.07) is 16.8.